The molecule has 2 heterocycles. The molecule has 0 saturated heterocycles. The third-order valence-electron chi connectivity index (χ3n) is 6.23. The van der Waals surface area contributed by atoms with Crippen molar-refractivity contribution in [2.24, 2.45) is 11.1 Å². The Balaban J connectivity index is 1.70. The lowest BCUT2D eigenvalue weighted by molar-refractivity contribution is 0.0691. The average Bonchev–Trinajstić information content (AvgIpc) is 3.40. The van der Waals surface area contributed by atoms with Crippen LogP contribution in [-0.2, 0) is 22.9 Å². The van der Waals surface area contributed by atoms with Gasteiger partial charge in [0.25, 0.3) is 0 Å². The van der Waals surface area contributed by atoms with Crippen molar-refractivity contribution in [3.8, 4) is 22.1 Å². The molecule has 9 nitrogen and oxygen atoms in total. The van der Waals surface area contributed by atoms with E-state index >= 15 is 0 Å². The van der Waals surface area contributed by atoms with E-state index < -0.39 is 32.5 Å². The minimum absolute atomic E-state index is 0.131. The Morgan fingerprint density at radius 1 is 1.24 bits per heavy atom. The van der Waals surface area contributed by atoms with Gasteiger partial charge in [0.15, 0.2) is 5.69 Å². The van der Waals surface area contributed by atoms with Gasteiger partial charge >= 0.3 is 5.97 Å². The maximum absolute atomic E-state index is 14.7. The number of thiazole rings is 1. The first kappa shape index (κ1) is 25.9. The second-order valence-corrected chi connectivity index (χ2v) is 11.4. The summed E-state index contributed by atoms with van der Waals surface area (Å²) >= 11 is 1.10. The van der Waals surface area contributed by atoms with Crippen molar-refractivity contribution in [3.63, 3.8) is 0 Å². The monoisotopic (exact) mass is 560 g/mol. The molecule has 1 aliphatic rings. The number of halogens is 2. The summed E-state index contributed by atoms with van der Waals surface area (Å²) in [5, 5.41) is 20.9. The van der Waals surface area contributed by atoms with Crippen molar-refractivity contribution >= 4 is 27.3 Å². The molecule has 0 radical (unpaired) electrons. The van der Waals surface area contributed by atoms with E-state index in [1.807, 2.05) is 0 Å². The number of carbonyl (C=O) groups is 1. The number of nitrogens with zero attached hydrogens (tertiary/aromatic N) is 3. The first-order valence-electron chi connectivity index (χ1n) is 11.5. The van der Waals surface area contributed by atoms with Crippen LogP contribution in [0.1, 0.15) is 40.2 Å². The number of aromatic carboxylic acids is 1. The fourth-order valence-electron chi connectivity index (χ4n) is 4.23. The fourth-order valence-corrected chi connectivity index (χ4v) is 5.59. The number of rotatable bonds is 9. The van der Waals surface area contributed by atoms with E-state index in [-0.39, 0.29) is 17.9 Å². The minimum atomic E-state index is -4.24. The Bertz CT molecular complexity index is 1660. The number of primary sulfonamides is 1. The van der Waals surface area contributed by atoms with Crippen molar-refractivity contribution in [3.05, 3.63) is 75.9 Å². The second-order valence-electron chi connectivity index (χ2n) is 9.02. The first-order valence-corrected chi connectivity index (χ1v) is 13.9. The zero-order valence-corrected chi connectivity index (χ0v) is 21.7. The van der Waals surface area contributed by atoms with Crippen LogP contribution in [0.2, 0.25) is 0 Å². The highest BCUT2D eigenvalue weighted by molar-refractivity contribution is 7.89. The number of carboxylic acid groups (broad SMARTS) is 1. The summed E-state index contributed by atoms with van der Waals surface area (Å²) in [6.07, 6.45) is 2.73. The van der Waals surface area contributed by atoms with E-state index in [1.165, 1.54) is 30.7 Å². The molecule has 0 spiro atoms. The van der Waals surface area contributed by atoms with Crippen LogP contribution in [0.3, 0.4) is 0 Å². The van der Waals surface area contributed by atoms with Gasteiger partial charge in [-0.2, -0.15) is 5.10 Å². The Labute approximate surface area is 220 Å². The van der Waals surface area contributed by atoms with Crippen molar-refractivity contribution in [2.45, 2.75) is 30.6 Å². The predicted molar refractivity (Wildman–Crippen MR) is 135 cm³/mol. The topological polar surface area (TPSA) is 137 Å². The smallest absolute Gasteiger partial charge is 0.355 e. The standard InChI is InChI=1S/C25H22F2N4O5S2/c1-36-17-10-15(9-16(26)11-17)23-18(6-14-4-5-22(19(27)7-14)38(28,34)35)21(8-13-2-3-13)31(30-23)25-29-20(12-37-25)24(32)33/h4-5,7,9-13H,2-3,6,8H2,1H3,(H,32,33)(H2,28,34,35). The van der Waals surface area contributed by atoms with Crippen molar-refractivity contribution in [1.29, 1.82) is 0 Å². The molecule has 3 N–H and O–H groups in total. The summed E-state index contributed by atoms with van der Waals surface area (Å²) in [6.45, 7) is 0. The summed E-state index contributed by atoms with van der Waals surface area (Å²) in [6, 6.07) is 7.81. The number of hydrogen-bond donors (Lipinski definition) is 2. The number of benzene rings is 2. The molecule has 198 valence electrons. The molecular weight excluding hydrogens is 538 g/mol. The molecule has 4 aromatic rings. The molecular formula is C25H22F2N4O5S2. The molecule has 1 aliphatic carbocycles. The van der Waals surface area contributed by atoms with Crippen molar-refractivity contribution in [1.82, 2.24) is 14.8 Å². The maximum atomic E-state index is 14.7. The molecule has 13 heteroatoms. The summed E-state index contributed by atoms with van der Waals surface area (Å²) in [5.41, 5.74) is 2.49. The van der Waals surface area contributed by atoms with Crippen LogP contribution >= 0.6 is 11.3 Å². The van der Waals surface area contributed by atoms with Crippen LogP contribution in [0.4, 0.5) is 8.78 Å². The minimum Gasteiger partial charge on any atom is -0.497 e. The van der Waals surface area contributed by atoms with E-state index in [9.17, 15) is 27.1 Å². The van der Waals surface area contributed by atoms with Gasteiger partial charge in [0.2, 0.25) is 15.2 Å². The average molecular weight is 561 g/mol. The summed E-state index contributed by atoms with van der Waals surface area (Å²) < 4.78 is 59.3. The van der Waals surface area contributed by atoms with Crippen LogP contribution in [0.15, 0.2) is 46.7 Å². The SMILES string of the molecule is COc1cc(F)cc(-c2nn(-c3nc(C(=O)O)cs3)c(CC3CC3)c2Cc2ccc(S(N)(=O)=O)c(F)c2)c1. The van der Waals surface area contributed by atoms with E-state index in [1.54, 1.807) is 10.7 Å². The number of sulfonamides is 1. The van der Waals surface area contributed by atoms with Gasteiger partial charge in [0.05, 0.1) is 18.5 Å². The molecule has 1 fully saturated rings. The summed E-state index contributed by atoms with van der Waals surface area (Å²) in [4.78, 5) is 15.1. The largest absolute Gasteiger partial charge is 0.497 e. The van der Waals surface area contributed by atoms with Crippen LogP contribution < -0.4 is 9.88 Å². The van der Waals surface area contributed by atoms with Crippen LogP contribution in [0.25, 0.3) is 16.4 Å². The van der Waals surface area contributed by atoms with Gasteiger partial charge in [0.1, 0.15) is 22.3 Å². The number of ether oxygens (including phenoxy) is 1. The molecule has 0 atom stereocenters. The van der Waals surface area contributed by atoms with Crippen LogP contribution in [-0.4, -0.2) is 41.4 Å². The van der Waals surface area contributed by atoms with E-state index in [0.717, 1.165) is 42.0 Å². The van der Waals surface area contributed by atoms with Gasteiger partial charge in [-0.1, -0.05) is 6.07 Å². The van der Waals surface area contributed by atoms with E-state index in [4.69, 9.17) is 15.0 Å². The van der Waals surface area contributed by atoms with Crippen LogP contribution in [0.5, 0.6) is 5.75 Å². The van der Waals surface area contributed by atoms with Crippen molar-refractivity contribution in [2.75, 3.05) is 7.11 Å². The molecule has 0 amide bonds. The number of nitrogens with two attached hydrogens (primary N) is 1. The Kier molecular flexibility index (Phi) is 6.75. The number of methoxy groups -OCH3 is 1. The highest BCUT2D eigenvalue weighted by Crippen LogP contribution is 2.39. The van der Waals surface area contributed by atoms with Gasteiger partial charge in [0, 0.05) is 29.0 Å². The number of aromatic nitrogens is 3. The molecule has 2 aromatic carbocycles. The molecule has 0 aliphatic heterocycles. The zero-order chi connectivity index (χ0) is 27.2. The quantitative estimate of drug-likeness (QED) is 0.313. The molecule has 2 aromatic heterocycles. The van der Waals surface area contributed by atoms with Gasteiger partial charge in [-0.25, -0.2) is 36.8 Å². The second kappa shape index (κ2) is 9.89. The van der Waals surface area contributed by atoms with Gasteiger partial charge in [-0.15, -0.1) is 11.3 Å². The molecule has 38 heavy (non-hydrogen) atoms. The molecule has 0 unspecified atom stereocenters. The number of hydrogen-bond acceptors (Lipinski definition) is 7. The lowest BCUT2D eigenvalue weighted by Gasteiger charge is -2.10. The first-order chi connectivity index (χ1) is 18.0. The maximum Gasteiger partial charge on any atom is 0.355 e. The van der Waals surface area contributed by atoms with E-state index in [2.05, 4.69) is 4.98 Å². The predicted octanol–water partition coefficient (Wildman–Crippen LogP) is 4.17. The van der Waals surface area contributed by atoms with Gasteiger partial charge < -0.3 is 9.84 Å². The lowest BCUT2D eigenvalue weighted by Crippen LogP contribution is -2.14. The summed E-state index contributed by atoms with van der Waals surface area (Å²) in [5.74, 6) is -2.06. The Morgan fingerprint density at radius 3 is 2.61 bits per heavy atom. The molecule has 1 saturated carbocycles. The summed E-state index contributed by atoms with van der Waals surface area (Å²) in [7, 11) is -2.83. The molecule has 5 rings (SSSR count). The van der Waals surface area contributed by atoms with Crippen LogP contribution in [0, 0.1) is 17.6 Å². The number of carboxylic acids is 1. The van der Waals surface area contributed by atoms with Gasteiger partial charge in [-0.3, -0.25) is 0 Å². The fraction of sp³-hybridized carbons (Fsp3) is 0.240. The Hall–Kier alpha value is -3.68. The lowest BCUT2D eigenvalue weighted by atomic mass is 9.96. The molecule has 0 bridgehead atoms. The highest BCUT2D eigenvalue weighted by Gasteiger charge is 2.30. The third-order valence-corrected chi connectivity index (χ3v) is 7.99. The highest BCUT2D eigenvalue weighted by atomic mass is 32.2. The third kappa shape index (κ3) is 5.30. The normalized spacial score (nSPS) is 13.6. The van der Waals surface area contributed by atoms with E-state index in [0.29, 0.717) is 39.9 Å². The zero-order valence-electron chi connectivity index (χ0n) is 20.0. The Morgan fingerprint density at radius 2 is 2.00 bits per heavy atom. The van der Waals surface area contributed by atoms with Crippen molar-refractivity contribution < 1.29 is 31.8 Å². The van der Waals surface area contributed by atoms with Gasteiger partial charge in [-0.05, 0) is 55.0 Å².